The van der Waals surface area contributed by atoms with E-state index in [1.165, 1.54) is 32.1 Å². The molecule has 1 aliphatic heterocycles. The highest BCUT2D eigenvalue weighted by Gasteiger charge is 2.31. The molecular weight excluding hydrogens is 336 g/mol. The number of hydrogen-bond acceptors (Lipinski definition) is 3. The van der Waals surface area contributed by atoms with Gasteiger partial charge >= 0.3 is 0 Å². The maximum atomic E-state index is 6.12. The fourth-order valence-electron chi connectivity index (χ4n) is 4.04. The molecule has 1 saturated carbocycles. The van der Waals surface area contributed by atoms with Crippen molar-refractivity contribution in [2.45, 2.75) is 57.7 Å². The van der Waals surface area contributed by atoms with Crippen LogP contribution in [0.4, 0.5) is 0 Å². The van der Waals surface area contributed by atoms with Gasteiger partial charge in [-0.2, -0.15) is 0 Å². The fourth-order valence-corrected chi connectivity index (χ4v) is 4.04. The summed E-state index contributed by atoms with van der Waals surface area (Å²) in [5, 5.41) is 0. The summed E-state index contributed by atoms with van der Waals surface area (Å²) >= 11 is 0. The molecule has 1 heterocycles. The molecule has 0 spiro atoms. The Labute approximate surface area is 164 Å². The molecule has 2 atom stereocenters. The summed E-state index contributed by atoms with van der Waals surface area (Å²) < 4.78 is 17.6. The van der Waals surface area contributed by atoms with Crippen LogP contribution in [0.5, 0.6) is 5.75 Å². The Morgan fingerprint density at radius 2 is 1.89 bits per heavy atom. The minimum atomic E-state index is -0.128. The van der Waals surface area contributed by atoms with Crippen molar-refractivity contribution in [1.29, 1.82) is 0 Å². The summed E-state index contributed by atoms with van der Waals surface area (Å²) in [5.41, 5.74) is 0.974. The summed E-state index contributed by atoms with van der Waals surface area (Å²) in [5.74, 6) is 8.77. The Bertz CT molecular complexity index is 624. The van der Waals surface area contributed by atoms with Crippen molar-refractivity contribution in [3.8, 4) is 17.6 Å². The van der Waals surface area contributed by atoms with Gasteiger partial charge < -0.3 is 14.2 Å². The van der Waals surface area contributed by atoms with Gasteiger partial charge in [0.15, 0.2) is 0 Å². The van der Waals surface area contributed by atoms with E-state index < -0.39 is 0 Å². The van der Waals surface area contributed by atoms with Gasteiger partial charge in [0.25, 0.3) is 0 Å². The first-order chi connectivity index (χ1) is 13.3. The molecule has 0 aromatic heterocycles. The maximum absolute atomic E-state index is 6.12. The van der Waals surface area contributed by atoms with Crippen molar-refractivity contribution >= 4 is 0 Å². The molecule has 27 heavy (non-hydrogen) atoms. The number of hydrogen-bond donors (Lipinski definition) is 0. The second kappa shape index (κ2) is 10.5. The van der Waals surface area contributed by atoms with E-state index in [1.54, 1.807) is 0 Å². The number of allylic oxidation sites excluding steroid dienone is 1. The van der Waals surface area contributed by atoms with Crippen LogP contribution in [0.15, 0.2) is 36.9 Å². The van der Waals surface area contributed by atoms with Crippen LogP contribution in [0, 0.1) is 23.7 Å². The quantitative estimate of drug-likeness (QED) is 0.523. The molecule has 0 bridgehead atoms. The van der Waals surface area contributed by atoms with Crippen LogP contribution < -0.4 is 4.74 Å². The minimum absolute atomic E-state index is 0.128. The van der Waals surface area contributed by atoms with E-state index >= 15 is 0 Å². The summed E-state index contributed by atoms with van der Waals surface area (Å²) in [6.07, 6.45) is 9.76. The van der Waals surface area contributed by atoms with Crippen LogP contribution in [-0.4, -0.2) is 32.0 Å². The van der Waals surface area contributed by atoms with Crippen LogP contribution >= 0.6 is 0 Å². The number of benzene rings is 1. The van der Waals surface area contributed by atoms with Crippen LogP contribution in [-0.2, 0) is 9.47 Å². The third-order valence-electron chi connectivity index (χ3n) is 5.66. The van der Waals surface area contributed by atoms with E-state index in [-0.39, 0.29) is 12.2 Å². The highest BCUT2D eigenvalue weighted by molar-refractivity contribution is 5.38. The van der Waals surface area contributed by atoms with Gasteiger partial charge in [0, 0.05) is 5.56 Å². The molecule has 0 N–H and O–H groups in total. The topological polar surface area (TPSA) is 27.7 Å². The van der Waals surface area contributed by atoms with E-state index in [1.807, 2.05) is 37.3 Å². The molecule has 1 aromatic rings. The second-order valence-corrected chi connectivity index (χ2v) is 7.57. The van der Waals surface area contributed by atoms with E-state index in [0.717, 1.165) is 23.7 Å². The molecule has 0 amide bonds. The largest absolute Gasteiger partial charge is 0.494 e. The zero-order chi connectivity index (χ0) is 18.9. The molecule has 1 aliphatic carbocycles. The van der Waals surface area contributed by atoms with Gasteiger partial charge in [-0.25, -0.2) is 0 Å². The highest BCUT2D eigenvalue weighted by Crippen LogP contribution is 2.35. The fraction of sp³-hybridized carbons (Fsp3) is 0.583. The molecule has 146 valence electrons. The lowest BCUT2D eigenvalue weighted by atomic mass is 9.77. The van der Waals surface area contributed by atoms with Gasteiger partial charge in [0.05, 0.1) is 25.9 Å². The normalized spacial score (nSPS) is 28.0. The predicted octanol–water partition coefficient (Wildman–Crippen LogP) is 4.99. The first-order valence-electron chi connectivity index (χ1n) is 10.4. The molecule has 2 aliphatic rings. The van der Waals surface area contributed by atoms with Crippen LogP contribution in [0.1, 0.15) is 51.0 Å². The Morgan fingerprint density at radius 1 is 1.11 bits per heavy atom. The molecule has 3 heteroatoms. The Kier molecular flexibility index (Phi) is 7.80. The standard InChI is InChI=1S/C24H32O3/c1-3-5-6-19-7-12-21(13-8-19)24-18-26-23(17-27-24)16-11-20-9-14-22(15-10-20)25-4-2/h3,9-10,14-15,19,21,23-24H,1,4-8,12-13,17-18H2,2H3. The molecule has 2 fully saturated rings. The summed E-state index contributed by atoms with van der Waals surface area (Å²) in [6.45, 7) is 7.74. The first kappa shape index (κ1) is 20.0. The first-order valence-corrected chi connectivity index (χ1v) is 10.4. The average molecular weight is 369 g/mol. The Balaban J connectivity index is 1.41. The van der Waals surface area contributed by atoms with Gasteiger partial charge in [-0.15, -0.1) is 6.58 Å². The van der Waals surface area contributed by atoms with E-state index in [0.29, 0.717) is 25.7 Å². The second-order valence-electron chi connectivity index (χ2n) is 7.57. The van der Waals surface area contributed by atoms with Gasteiger partial charge in [-0.3, -0.25) is 0 Å². The van der Waals surface area contributed by atoms with Gasteiger partial charge in [0.1, 0.15) is 11.9 Å². The molecule has 1 saturated heterocycles. The maximum Gasteiger partial charge on any atom is 0.141 e. The minimum Gasteiger partial charge on any atom is -0.494 e. The Morgan fingerprint density at radius 3 is 2.52 bits per heavy atom. The van der Waals surface area contributed by atoms with Crippen molar-refractivity contribution in [2.24, 2.45) is 11.8 Å². The van der Waals surface area contributed by atoms with E-state index in [4.69, 9.17) is 14.2 Å². The molecular formula is C24H32O3. The van der Waals surface area contributed by atoms with Crippen molar-refractivity contribution in [1.82, 2.24) is 0 Å². The molecule has 2 unspecified atom stereocenters. The summed E-state index contributed by atoms with van der Waals surface area (Å²) in [4.78, 5) is 0. The van der Waals surface area contributed by atoms with Crippen LogP contribution in [0.3, 0.4) is 0 Å². The number of ether oxygens (including phenoxy) is 3. The SMILES string of the molecule is C=CCCC1CCC(C2COC(C#Cc3ccc(OCC)cc3)CO2)CC1. The highest BCUT2D eigenvalue weighted by atomic mass is 16.6. The van der Waals surface area contributed by atoms with Gasteiger partial charge in [0.2, 0.25) is 0 Å². The molecule has 3 rings (SSSR count). The Hall–Kier alpha value is -1.76. The zero-order valence-electron chi connectivity index (χ0n) is 16.5. The molecule has 3 nitrogen and oxygen atoms in total. The lowest BCUT2D eigenvalue weighted by Crippen LogP contribution is -2.40. The molecule has 1 aromatic carbocycles. The molecule has 0 radical (unpaired) electrons. The van der Waals surface area contributed by atoms with Crippen LogP contribution in [0.25, 0.3) is 0 Å². The monoisotopic (exact) mass is 368 g/mol. The van der Waals surface area contributed by atoms with Gasteiger partial charge in [-0.1, -0.05) is 30.8 Å². The smallest absolute Gasteiger partial charge is 0.141 e. The predicted molar refractivity (Wildman–Crippen MR) is 109 cm³/mol. The third-order valence-corrected chi connectivity index (χ3v) is 5.66. The van der Waals surface area contributed by atoms with Crippen molar-refractivity contribution in [3.63, 3.8) is 0 Å². The lowest BCUT2D eigenvalue weighted by molar-refractivity contribution is -0.138. The average Bonchev–Trinajstić information content (AvgIpc) is 2.73. The lowest BCUT2D eigenvalue weighted by Gasteiger charge is -2.36. The van der Waals surface area contributed by atoms with Crippen molar-refractivity contribution < 1.29 is 14.2 Å². The third kappa shape index (κ3) is 6.13. The van der Waals surface area contributed by atoms with Crippen molar-refractivity contribution in [2.75, 3.05) is 19.8 Å². The number of rotatable bonds is 6. The van der Waals surface area contributed by atoms with Gasteiger partial charge in [-0.05, 0) is 68.7 Å². The van der Waals surface area contributed by atoms with Crippen LogP contribution in [0.2, 0.25) is 0 Å². The van der Waals surface area contributed by atoms with E-state index in [2.05, 4.69) is 18.4 Å². The van der Waals surface area contributed by atoms with E-state index in [9.17, 15) is 0 Å². The summed E-state index contributed by atoms with van der Waals surface area (Å²) in [7, 11) is 0. The zero-order valence-corrected chi connectivity index (χ0v) is 16.5. The summed E-state index contributed by atoms with van der Waals surface area (Å²) in [6, 6.07) is 7.87. The van der Waals surface area contributed by atoms with Crippen molar-refractivity contribution in [3.05, 3.63) is 42.5 Å².